The van der Waals surface area contributed by atoms with Crippen LogP contribution in [0.15, 0.2) is 54.7 Å². The predicted molar refractivity (Wildman–Crippen MR) is 110 cm³/mol. The van der Waals surface area contributed by atoms with Crippen LogP contribution in [0.3, 0.4) is 0 Å². The summed E-state index contributed by atoms with van der Waals surface area (Å²) in [6.45, 7) is 7.43. The lowest BCUT2D eigenvalue weighted by atomic mass is 10.0. The molecule has 0 saturated heterocycles. The molecule has 0 radical (unpaired) electrons. The van der Waals surface area contributed by atoms with Gasteiger partial charge in [0.1, 0.15) is 5.75 Å². The van der Waals surface area contributed by atoms with Gasteiger partial charge in [-0.3, -0.25) is 4.79 Å². The molecule has 6 nitrogen and oxygen atoms in total. The van der Waals surface area contributed by atoms with Crippen LogP contribution < -0.4 is 10.1 Å². The normalized spacial score (nSPS) is 10.9. The molecule has 0 atom stereocenters. The van der Waals surface area contributed by atoms with Gasteiger partial charge >= 0.3 is 0 Å². The van der Waals surface area contributed by atoms with Crippen molar-refractivity contribution in [2.75, 3.05) is 11.9 Å². The highest BCUT2D eigenvalue weighted by atomic mass is 16.5. The van der Waals surface area contributed by atoms with Gasteiger partial charge in [-0.25, -0.2) is 0 Å². The van der Waals surface area contributed by atoms with E-state index in [-0.39, 0.29) is 5.91 Å². The SMILES string of the molecule is CCOc1ccc(Cn2ncc(NC(=O)Cc3ccc(C(C)C)cc3)n2)cc1. The Kier molecular flexibility index (Phi) is 6.42. The van der Waals surface area contributed by atoms with E-state index >= 15 is 0 Å². The van der Waals surface area contributed by atoms with Crippen molar-refractivity contribution in [1.82, 2.24) is 15.0 Å². The molecule has 6 heteroatoms. The van der Waals surface area contributed by atoms with Gasteiger partial charge in [0, 0.05) is 0 Å². The number of amides is 1. The fourth-order valence-electron chi connectivity index (χ4n) is 2.84. The number of nitrogens with zero attached hydrogens (tertiary/aromatic N) is 3. The molecular formula is C22H26N4O2. The molecule has 0 aliphatic carbocycles. The highest BCUT2D eigenvalue weighted by Crippen LogP contribution is 2.15. The second kappa shape index (κ2) is 9.17. The minimum Gasteiger partial charge on any atom is -0.494 e. The Morgan fingerprint density at radius 1 is 1.07 bits per heavy atom. The first-order valence-electron chi connectivity index (χ1n) is 9.54. The lowest BCUT2D eigenvalue weighted by Crippen LogP contribution is -2.15. The van der Waals surface area contributed by atoms with Crippen LogP contribution >= 0.6 is 0 Å². The molecule has 1 N–H and O–H groups in total. The summed E-state index contributed by atoms with van der Waals surface area (Å²) in [7, 11) is 0. The Morgan fingerprint density at radius 2 is 1.75 bits per heavy atom. The van der Waals surface area contributed by atoms with E-state index in [9.17, 15) is 4.79 Å². The molecule has 1 amide bonds. The number of ether oxygens (including phenoxy) is 1. The molecule has 0 aliphatic rings. The summed E-state index contributed by atoms with van der Waals surface area (Å²) in [4.78, 5) is 13.8. The van der Waals surface area contributed by atoms with Crippen molar-refractivity contribution < 1.29 is 9.53 Å². The number of nitrogens with one attached hydrogen (secondary N) is 1. The molecule has 0 aliphatic heterocycles. The van der Waals surface area contributed by atoms with Gasteiger partial charge in [-0.15, -0.1) is 5.10 Å². The van der Waals surface area contributed by atoms with Crippen molar-refractivity contribution in [3.05, 3.63) is 71.4 Å². The van der Waals surface area contributed by atoms with Crippen LogP contribution in [-0.4, -0.2) is 27.5 Å². The lowest BCUT2D eigenvalue weighted by Gasteiger charge is -2.07. The minimum atomic E-state index is -0.106. The lowest BCUT2D eigenvalue weighted by molar-refractivity contribution is -0.115. The fourth-order valence-corrected chi connectivity index (χ4v) is 2.84. The summed E-state index contributed by atoms with van der Waals surface area (Å²) < 4.78 is 5.44. The number of aromatic nitrogens is 3. The van der Waals surface area contributed by atoms with Gasteiger partial charge in [0.05, 0.1) is 25.8 Å². The first-order chi connectivity index (χ1) is 13.5. The molecule has 2 aromatic carbocycles. The van der Waals surface area contributed by atoms with Crippen LogP contribution in [-0.2, 0) is 17.8 Å². The van der Waals surface area contributed by atoms with Crippen molar-refractivity contribution >= 4 is 11.7 Å². The molecule has 0 fully saturated rings. The summed E-state index contributed by atoms with van der Waals surface area (Å²) in [6.07, 6.45) is 1.87. The zero-order chi connectivity index (χ0) is 19.9. The van der Waals surface area contributed by atoms with Crippen LogP contribution in [0, 0.1) is 0 Å². The zero-order valence-corrected chi connectivity index (χ0v) is 16.6. The number of benzene rings is 2. The molecule has 0 saturated carbocycles. The molecular weight excluding hydrogens is 352 g/mol. The van der Waals surface area contributed by atoms with E-state index in [1.807, 2.05) is 43.3 Å². The third-order valence-corrected chi connectivity index (χ3v) is 4.37. The Balaban J connectivity index is 1.54. The van der Waals surface area contributed by atoms with Gasteiger partial charge in [-0.05, 0) is 41.7 Å². The summed E-state index contributed by atoms with van der Waals surface area (Å²) >= 11 is 0. The van der Waals surface area contributed by atoms with E-state index in [2.05, 4.69) is 41.5 Å². The molecule has 1 heterocycles. The Morgan fingerprint density at radius 3 is 2.39 bits per heavy atom. The Bertz CT molecular complexity index is 899. The average molecular weight is 378 g/mol. The van der Waals surface area contributed by atoms with Gasteiger partial charge < -0.3 is 10.1 Å². The van der Waals surface area contributed by atoms with E-state index in [0.717, 1.165) is 16.9 Å². The summed E-state index contributed by atoms with van der Waals surface area (Å²) in [5.74, 6) is 1.67. The van der Waals surface area contributed by atoms with E-state index < -0.39 is 0 Å². The zero-order valence-electron chi connectivity index (χ0n) is 16.6. The van der Waals surface area contributed by atoms with Gasteiger partial charge in [0.25, 0.3) is 0 Å². The number of carbonyl (C=O) groups is 1. The number of rotatable bonds is 8. The van der Waals surface area contributed by atoms with Gasteiger partial charge in [0.15, 0.2) is 5.82 Å². The van der Waals surface area contributed by atoms with Gasteiger partial charge in [-0.2, -0.15) is 9.90 Å². The predicted octanol–water partition coefficient (Wildman–Crippen LogP) is 4.03. The van der Waals surface area contributed by atoms with E-state index in [4.69, 9.17) is 4.74 Å². The van der Waals surface area contributed by atoms with Gasteiger partial charge in [-0.1, -0.05) is 50.2 Å². The fraction of sp³-hybridized carbons (Fsp3) is 0.318. The summed E-state index contributed by atoms with van der Waals surface area (Å²) in [5, 5.41) is 11.4. The summed E-state index contributed by atoms with van der Waals surface area (Å²) in [6, 6.07) is 15.9. The maximum Gasteiger partial charge on any atom is 0.230 e. The molecule has 3 aromatic rings. The van der Waals surface area contributed by atoms with Gasteiger partial charge in [0.2, 0.25) is 5.91 Å². The Labute approximate surface area is 165 Å². The third-order valence-electron chi connectivity index (χ3n) is 4.37. The monoisotopic (exact) mass is 378 g/mol. The largest absolute Gasteiger partial charge is 0.494 e. The van der Waals surface area contributed by atoms with Crippen molar-refractivity contribution in [3.63, 3.8) is 0 Å². The van der Waals surface area contributed by atoms with Crippen LogP contribution in [0.5, 0.6) is 5.75 Å². The number of anilines is 1. The molecule has 0 spiro atoms. The van der Waals surface area contributed by atoms with Crippen molar-refractivity contribution in [3.8, 4) is 5.75 Å². The minimum absolute atomic E-state index is 0.106. The Hall–Kier alpha value is -3.15. The summed E-state index contributed by atoms with van der Waals surface area (Å²) in [5.41, 5.74) is 3.30. The van der Waals surface area contributed by atoms with E-state index in [1.54, 1.807) is 11.0 Å². The molecule has 0 bridgehead atoms. The standard InChI is InChI=1S/C22H26N4O2/c1-4-28-20-11-7-18(8-12-20)15-26-23-14-21(25-26)24-22(27)13-17-5-9-19(10-6-17)16(2)3/h5-12,14,16H,4,13,15H2,1-3H3,(H,24,25,27). The van der Waals surface area contributed by atoms with Crippen LogP contribution in [0.1, 0.15) is 43.4 Å². The van der Waals surface area contributed by atoms with Crippen LogP contribution in [0.2, 0.25) is 0 Å². The maximum absolute atomic E-state index is 12.3. The molecule has 1 aromatic heterocycles. The highest BCUT2D eigenvalue weighted by molar-refractivity contribution is 5.91. The smallest absolute Gasteiger partial charge is 0.230 e. The first-order valence-corrected chi connectivity index (χ1v) is 9.54. The molecule has 28 heavy (non-hydrogen) atoms. The highest BCUT2D eigenvalue weighted by Gasteiger charge is 2.08. The van der Waals surface area contributed by atoms with E-state index in [0.29, 0.717) is 31.3 Å². The number of hydrogen-bond donors (Lipinski definition) is 1. The number of hydrogen-bond acceptors (Lipinski definition) is 4. The average Bonchev–Trinajstić information content (AvgIpc) is 3.10. The van der Waals surface area contributed by atoms with Crippen LogP contribution in [0.4, 0.5) is 5.82 Å². The number of carbonyl (C=O) groups excluding carboxylic acids is 1. The third kappa shape index (κ3) is 5.42. The van der Waals surface area contributed by atoms with Crippen molar-refractivity contribution in [2.24, 2.45) is 0 Å². The first kappa shape index (κ1) is 19.6. The topological polar surface area (TPSA) is 69.0 Å². The van der Waals surface area contributed by atoms with Crippen LogP contribution in [0.25, 0.3) is 0 Å². The van der Waals surface area contributed by atoms with Crippen molar-refractivity contribution in [2.45, 2.75) is 39.7 Å². The quantitative estimate of drug-likeness (QED) is 0.642. The maximum atomic E-state index is 12.3. The molecule has 3 rings (SSSR count). The van der Waals surface area contributed by atoms with Crippen molar-refractivity contribution in [1.29, 1.82) is 0 Å². The van der Waals surface area contributed by atoms with E-state index in [1.165, 1.54) is 5.56 Å². The second-order valence-corrected chi connectivity index (χ2v) is 6.96. The second-order valence-electron chi connectivity index (χ2n) is 6.96. The molecule has 146 valence electrons. The molecule has 0 unspecified atom stereocenters.